The molecule has 13 nitrogen and oxygen atoms in total. The van der Waals surface area contributed by atoms with Crippen molar-refractivity contribution >= 4 is 68.2 Å². The number of hydrogen-bond donors (Lipinski definition) is 3. The zero-order valence-corrected chi connectivity index (χ0v) is 21.9. The Balaban J connectivity index is 1.32. The van der Waals surface area contributed by atoms with E-state index in [1.54, 1.807) is 17.8 Å². The van der Waals surface area contributed by atoms with Gasteiger partial charge in [-0.1, -0.05) is 11.2 Å². The third-order valence-corrected chi connectivity index (χ3v) is 8.33. The number of carboxylic acids is 1. The average molecular weight is 573 g/mol. The van der Waals surface area contributed by atoms with Gasteiger partial charge in [0.25, 0.3) is 11.8 Å². The fourth-order valence-corrected chi connectivity index (χ4v) is 6.35. The monoisotopic (exact) mass is 572 g/mol. The van der Waals surface area contributed by atoms with Crippen LogP contribution in [0.1, 0.15) is 11.4 Å². The molecule has 2 aliphatic rings. The molecule has 0 bridgehead atoms. The van der Waals surface area contributed by atoms with Gasteiger partial charge in [0, 0.05) is 34.2 Å². The van der Waals surface area contributed by atoms with Gasteiger partial charge in [-0.05, 0) is 0 Å². The number of nitrogens with zero attached hydrogens (tertiary/aromatic N) is 5. The number of thioether (sulfide) groups is 1. The van der Waals surface area contributed by atoms with Crippen molar-refractivity contribution < 1.29 is 28.9 Å². The smallest absolute Gasteiger partial charge is 0.276 e. The van der Waals surface area contributed by atoms with Crippen molar-refractivity contribution in [3.63, 3.8) is 0 Å². The molecular weight excluding hydrogens is 552 g/mol. The molecule has 0 aliphatic carbocycles. The van der Waals surface area contributed by atoms with E-state index >= 15 is 0 Å². The number of fused-ring (bicyclic) bond motifs is 1. The molecule has 0 radical (unpaired) electrons. The summed E-state index contributed by atoms with van der Waals surface area (Å²) in [6.45, 7) is 0.245. The summed E-state index contributed by atoms with van der Waals surface area (Å²) in [5.41, 5.74) is 12.2. The highest BCUT2D eigenvalue weighted by atomic mass is 32.2. The molecule has 5 rings (SSSR count). The number of thiazole rings is 2. The van der Waals surface area contributed by atoms with Gasteiger partial charge in [0.05, 0.1) is 17.4 Å². The lowest BCUT2D eigenvalue weighted by atomic mass is 10.0. The molecular formula is C22H20N8O5S3. The van der Waals surface area contributed by atoms with Crippen LogP contribution in [0.3, 0.4) is 0 Å². The molecule has 3 aromatic rings. The third-order valence-electron chi connectivity index (χ3n) is 5.60. The van der Waals surface area contributed by atoms with Gasteiger partial charge in [-0.2, -0.15) is 0 Å². The van der Waals surface area contributed by atoms with E-state index in [-0.39, 0.29) is 35.4 Å². The first-order valence-corrected chi connectivity index (χ1v) is 13.9. The quantitative estimate of drug-likeness (QED) is 0.125. The number of amides is 2. The number of carboxylic acid groups (broad SMARTS) is 1. The minimum atomic E-state index is -1.45. The second-order valence-electron chi connectivity index (χ2n) is 8.11. The predicted molar refractivity (Wildman–Crippen MR) is 138 cm³/mol. The first kappa shape index (κ1) is 25.6. The number of carbonyl (C=O) groups excluding carboxylic acids is 3. The van der Waals surface area contributed by atoms with Gasteiger partial charge in [0.15, 0.2) is 41.5 Å². The topological polar surface area (TPSA) is 193 Å². The molecule has 0 saturated carbocycles. The summed E-state index contributed by atoms with van der Waals surface area (Å²) in [4.78, 5) is 52.9. The normalized spacial score (nSPS) is 19.1. The summed E-state index contributed by atoms with van der Waals surface area (Å²) in [7, 11) is 0. The number of nitrogen functional groups attached to an aromatic ring is 2. The first-order chi connectivity index (χ1) is 18.3. The van der Waals surface area contributed by atoms with E-state index in [1.165, 1.54) is 28.5 Å². The van der Waals surface area contributed by atoms with Crippen LogP contribution in [0.2, 0.25) is 0 Å². The van der Waals surface area contributed by atoms with Gasteiger partial charge in [-0.25, -0.2) is 14.5 Å². The Bertz CT molecular complexity index is 1450. The SMILES string of the molecule is Nc1nc(CO/N=C(\C(=O)NC2C(=O)N3C(C(=O)[O-])=C(C[n+]4ccccc4)CS[C@H]23)c2csc(N)n2)cs1. The molecule has 1 fully saturated rings. The number of β-lactam (4-membered cyclic amide) rings is 1. The molecule has 16 heteroatoms. The second-order valence-corrected chi connectivity index (χ2v) is 11.0. The fourth-order valence-electron chi connectivity index (χ4n) is 3.92. The lowest BCUT2D eigenvalue weighted by molar-refractivity contribution is -0.689. The molecule has 5 heterocycles. The van der Waals surface area contributed by atoms with Crippen LogP contribution in [-0.2, 0) is 32.4 Å². The summed E-state index contributed by atoms with van der Waals surface area (Å²) in [6.07, 6.45) is 3.60. The number of oxime groups is 1. The van der Waals surface area contributed by atoms with E-state index < -0.39 is 29.2 Å². The molecule has 1 saturated heterocycles. The van der Waals surface area contributed by atoms with Crippen molar-refractivity contribution in [2.75, 3.05) is 17.2 Å². The summed E-state index contributed by atoms with van der Waals surface area (Å²) >= 11 is 3.69. The van der Waals surface area contributed by atoms with Crippen molar-refractivity contribution in [3.8, 4) is 0 Å². The van der Waals surface area contributed by atoms with Gasteiger partial charge in [0.2, 0.25) is 0 Å². The second kappa shape index (κ2) is 10.8. The lowest BCUT2D eigenvalue weighted by Crippen LogP contribution is -2.71. The molecule has 2 aliphatic heterocycles. The largest absolute Gasteiger partial charge is 0.543 e. The number of nitrogens with two attached hydrogens (primary N) is 2. The lowest BCUT2D eigenvalue weighted by Gasteiger charge is -2.50. The van der Waals surface area contributed by atoms with Crippen molar-refractivity contribution in [2.45, 2.75) is 24.6 Å². The van der Waals surface area contributed by atoms with Gasteiger partial charge < -0.3 is 31.5 Å². The standard InChI is InChI=1S/C22H20N8O5S3/c23-21-25-12(9-37-21)7-35-28-14(13-10-38-22(24)26-13)17(31)27-15-18(32)30-16(20(33)34)11(8-36-19(15)30)6-29-4-2-1-3-5-29/h1-5,9-10,15,19H,6-8H2,(H5-,23,24,25,26,27,31,33,34)/b28-14-/t15?,19-/m1/s1. The summed E-state index contributed by atoms with van der Waals surface area (Å²) in [6, 6.07) is 4.51. The van der Waals surface area contributed by atoms with Crippen LogP contribution in [0.4, 0.5) is 10.3 Å². The van der Waals surface area contributed by atoms with Gasteiger partial charge in [-0.15, -0.1) is 34.4 Å². The van der Waals surface area contributed by atoms with Crippen LogP contribution in [0, 0.1) is 0 Å². The molecule has 5 N–H and O–H groups in total. The van der Waals surface area contributed by atoms with E-state index in [1.807, 2.05) is 22.8 Å². The molecule has 38 heavy (non-hydrogen) atoms. The van der Waals surface area contributed by atoms with Crippen LogP contribution >= 0.6 is 34.4 Å². The Morgan fingerprint density at radius 1 is 1.18 bits per heavy atom. The Morgan fingerprint density at radius 2 is 1.92 bits per heavy atom. The highest BCUT2D eigenvalue weighted by Crippen LogP contribution is 2.40. The number of aliphatic carboxylic acids is 1. The van der Waals surface area contributed by atoms with E-state index in [0.717, 1.165) is 16.2 Å². The van der Waals surface area contributed by atoms with Crippen LogP contribution in [0.25, 0.3) is 0 Å². The minimum Gasteiger partial charge on any atom is -0.543 e. The fraction of sp³-hybridized carbons (Fsp3) is 0.227. The maximum Gasteiger partial charge on any atom is 0.276 e. The molecule has 3 aromatic heterocycles. The van der Waals surface area contributed by atoms with E-state index in [0.29, 0.717) is 22.2 Å². The maximum atomic E-state index is 13.2. The first-order valence-electron chi connectivity index (χ1n) is 11.1. The molecule has 2 amide bonds. The maximum absolute atomic E-state index is 13.2. The van der Waals surface area contributed by atoms with Gasteiger partial charge in [-0.3, -0.25) is 14.5 Å². The number of nitrogens with one attached hydrogen (secondary N) is 1. The summed E-state index contributed by atoms with van der Waals surface area (Å²) in [5, 5.41) is 21.8. The number of anilines is 2. The van der Waals surface area contributed by atoms with Crippen molar-refractivity contribution in [2.24, 2.45) is 5.16 Å². The zero-order valence-electron chi connectivity index (χ0n) is 19.5. The molecule has 0 aromatic carbocycles. The Hall–Kier alpha value is -4.02. The predicted octanol–water partition coefficient (Wildman–Crippen LogP) is -0.923. The average Bonchev–Trinajstić information content (AvgIpc) is 3.52. The van der Waals surface area contributed by atoms with Crippen molar-refractivity contribution in [1.82, 2.24) is 20.2 Å². The Labute approximate surface area is 227 Å². The Kier molecular flexibility index (Phi) is 7.26. The van der Waals surface area contributed by atoms with E-state index in [2.05, 4.69) is 20.4 Å². The number of carbonyl (C=O) groups is 3. The number of pyridine rings is 1. The third kappa shape index (κ3) is 5.18. The molecule has 196 valence electrons. The Morgan fingerprint density at radius 3 is 2.58 bits per heavy atom. The van der Waals surface area contributed by atoms with Crippen LogP contribution in [0.5, 0.6) is 0 Å². The van der Waals surface area contributed by atoms with Crippen LogP contribution in [-0.4, -0.2) is 55.5 Å². The summed E-state index contributed by atoms with van der Waals surface area (Å²) in [5.74, 6) is -2.40. The van der Waals surface area contributed by atoms with Crippen molar-refractivity contribution in [1.29, 1.82) is 0 Å². The van der Waals surface area contributed by atoms with E-state index in [4.69, 9.17) is 16.3 Å². The van der Waals surface area contributed by atoms with E-state index in [9.17, 15) is 19.5 Å². The van der Waals surface area contributed by atoms with Crippen LogP contribution < -0.4 is 26.5 Å². The number of aromatic nitrogens is 3. The van der Waals surface area contributed by atoms with Gasteiger partial charge >= 0.3 is 0 Å². The highest BCUT2D eigenvalue weighted by molar-refractivity contribution is 8.00. The minimum absolute atomic E-state index is 0.0410. The van der Waals surface area contributed by atoms with Crippen molar-refractivity contribution in [3.05, 3.63) is 64.0 Å². The number of hydrogen-bond acceptors (Lipinski definition) is 13. The molecule has 0 spiro atoms. The highest BCUT2D eigenvalue weighted by Gasteiger charge is 2.53. The number of rotatable bonds is 9. The zero-order chi connectivity index (χ0) is 26.8. The molecule has 2 atom stereocenters. The summed E-state index contributed by atoms with van der Waals surface area (Å²) < 4.78 is 1.81. The van der Waals surface area contributed by atoms with Gasteiger partial charge in [0.1, 0.15) is 17.1 Å². The molecule has 1 unspecified atom stereocenters. The van der Waals surface area contributed by atoms with Crippen LogP contribution in [0.15, 0.2) is 57.8 Å².